The predicted molar refractivity (Wildman–Crippen MR) is 135 cm³/mol. The Hall–Kier alpha value is -2.36. The highest BCUT2D eigenvalue weighted by Crippen LogP contribution is 2.69. The highest BCUT2D eigenvalue weighted by Gasteiger charge is 2.69. The summed E-state index contributed by atoms with van der Waals surface area (Å²) < 4.78 is 7.76. The molecule has 0 unspecified atom stereocenters. The number of halogens is 1. The van der Waals surface area contributed by atoms with Gasteiger partial charge in [-0.05, 0) is 47.9 Å². The molecule has 9 heteroatoms. The van der Waals surface area contributed by atoms with Crippen LogP contribution in [-0.2, 0) is 20.9 Å². The van der Waals surface area contributed by atoms with E-state index in [0.29, 0.717) is 6.54 Å². The molecule has 6 nitrogen and oxygen atoms in total. The molecule has 3 aromatic rings. The van der Waals surface area contributed by atoms with Gasteiger partial charge in [0, 0.05) is 26.1 Å². The molecule has 178 valence electrons. The Morgan fingerprint density at radius 3 is 2.54 bits per heavy atom. The van der Waals surface area contributed by atoms with Gasteiger partial charge in [-0.2, -0.15) is 0 Å². The largest absolute Gasteiger partial charge is 0.508 e. The fourth-order valence-electron chi connectivity index (χ4n) is 6.94. The van der Waals surface area contributed by atoms with Gasteiger partial charge < -0.3 is 9.84 Å². The first-order valence-electron chi connectivity index (χ1n) is 11.6. The van der Waals surface area contributed by atoms with Gasteiger partial charge in [0.15, 0.2) is 0 Å². The minimum absolute atomic E-state index is 0.0160. The number of nitrogens with zero attached hydrogens (tertiary/aromatic N) is 1. The summed E-state index contributed by atoms with van der Waals surface area (Å²) in [5.74, 6) is -1.65. The Morgan fingerprint density at radius 1 is 1.03 bits per heavy atom. The second-order valence-corrected chi connectivity index (χ2v) is 12.9. The van der Waals surface area contributed by atoms with E-state index in [0.717, 1.165) is 31.9 Å². The number of phenolic OH excluding ortho intramolecular Hbond substituents is 1. The number of ether oxygens (including phenoxy) is 1. The number of carbonyl (C=O) groups is 2. The van der Waals surface area contributed by atoms with Crippen LogP contribution in [0.3, 0.4) is 0 Å². The van der Waals surface area contributed by atoms with Crippen LogP contribution in [0.15, 0.2) is 62.8 Å². The number of rotatable bonds is 3. The van der Waals surface area contributed by atoms with E-state index in [1.54, 1.807) is 23.9 Å². The number of esters is 2. The lowest BCUT2D eigenvalue weighted by molar-refractivity contribution is -0.154. The van der Waals surface area contributed by atoms with Gasteiger partial charge in [-0.1, -0.05) is 57.6 Å². The second-order valence-electron chi connectivity index (χ2n) is 9.80. The van der Waals surface area contributed by atoms with E-state index < -0.39 is 23.8 Å². The lowest BCUT2D eigenvalue weighted by atomic mass is 9.68. The molecule has 3 heterocycles. The van der Waals surface area contributed by atoms with Gasteiger partial charge in [0.1, 0.15) is 5.75 Å². The molecule has 1 aromatic heterocycles. The fraction of sp³-hybridized carbons (Fsp3) is 0.346. The van der Waals surface area contributed by atoms with Crippen molar-refractivity contribution in [3.05, 3.63) is 78.7 Å². The quantitative estimate of drug-likeness (QED) is 0.366. The van der Waals surface area contributed by atoms with Crippen LogP contribution in [0.5, 0.6) is 5.75 Å². The van der Waals surface area contributed by atoms with Crippen LogP contribution in [0.4, 0.5) is 0 Å². The number of benzene rings is 2. The Balaban J connectivity index is 1.41. The van der Waals surface area contributed by atoms with Crippen molar-refractivity contribution in [1.29, 1.82) is 0 Å². The zero-order valence-electron chi connectivity index (χ0n) is 18.3. The van der Waals surface area contributed by atoms with Crippen LogP contribution in [0, 0.1) is 29.6 Å². The van der Waals surface area contributed by atoms with Crippen molar-refractivity contribution in [2.45, 2.75) is 29.2 Å². The van der Waals surface area contributed by atoms with Crippen molar-refractivity contribution in [2.24, 2.45) is 29.6 Å². The normalized spacial score (nSPS) is 32.3. The molecule has 0 amide bonds. The van der Waals surface area contributed by atoms with E-state index in [2.05, 4.69) is 15.9 Å². The number of fused-ring (bicyclic) bond motifs is 9. The number of hydrogen-bond acceptors (Lipinski definition) is 7. The number of aromatic nitrogens is 1. The highest BCUT2D eigenvalue weighted by atomic mass is 79.9. The van der Waals surface area contributed by atoms with E-state index in [1.807, 2.05) is 41.0 Å². The molecule has 2 bridgehead atoms. The summed E-state index contributed by atoms with van der Waals surface area (Å²) in [6.07, 6.45) is 0.793. The Kier molecular flexibility index (Phi) is 4.89. The molecule has 2 aromatic carbocycles. The predicted octanol–water partition coefficient (Wildman–Crippen LogP) is 4.61. The molecular formula is C26H20BrNO5S2. The number of thiazole rings is 1. The van der Waals surface area contributed by atoms with Gasteiger partial charge in [-0.3, -0.25) is 19.0 Å². The second kappa shape index (κ2) is 7.82. The summed E-state index contributed by atoms with van der Waals surface area (Å²) in [7, 11) is 0. The van der Waals surface area contributed by atoms with E-state index in [-0.39, 0.29) is 39.5 Å². The van der Waals surface area contributed by atoms with Crippen LogP contribution < -0.4 is 4.87 Å². The first kappa shape index (κ1) is 21.9. The van der Waals surface area contributed by atoms with Crippen LogP contribution in [0.25, 0.3) is 0 Å². The Bertz CT molecular complexity index is 1450. The summed E-state index contributed by atoms with van der Waals surface area (Å²) >= 11 is 6.46. The fourth-order valence-corrected chi connectivity index (χ4v) is 10.5. The molecule has 7 atom stereocenters. The third-order valence-electron chi connectivity index (χ3n) is 8.19. The van der Waals surface area contributed by atoms with E-state index in [9.17, 15) is 19.5 Å². The Morgan fingerprint density at radius 2 is 1.77 bits per heavy atom. The summed E-state index contributed by atoms with van der Waals surface area (Å²) in [5.41, 5.74) is 1.79. The zero-order chi connectivity index (χ0) is 24.0. The number of aromatic hydroxyl groups is 1. The van der Waals surface area contributed by atoms with E-state index in [4.69, 9.17) is 4.74 Å². The number of carbonyl (C=O) groups excluding carboxylic acids is 2. The van der Waals surface area contributed by atoms with Crippen LogP contribution in [-0.4, -0.2) is 26.9 Å². The van der Waals surface area contributed by atoms with Gasteiger partial charge >= 0.3 is 16.8 Å². The molecule has 35 heavy (non-hydrogen) atoms. The third-order valence-corrected chi connectivity index (χ3v) is 11.5. The molecule has 3 fully saturated rings. The van der Waals surface area contributed by atoms with Crippen LogP contribution in [0.1, 0.15) is 28.3 Å². The maximum atomic E-state index is 13.3. The molecule has 0 radical (unpaired) electrons. The average molecular weight is 570 g/mol. The molecule has 2 aliphatic heterocycles. The van der Waals surface area contributed by atoms with Gasteiger partial charge in [-0.15, -0.1) is 11.8 Å². The molecule has 1 saturated heterocycles. The molecule has 0 spiro atoms. The first-order valence-corrected chi connectivity index (χ1v) is 14.1. The highest BCUT2D eigenvalue weighted by molar-refractivity contribution is 9.10. The van der Waals surface area contributed by atoms with Crippen molar-refractivity contribution < 1.29 is 19.4 Å². The minimum Gasteiger partial charge on any atom is -0.508 e. The molecule has 2 aliphatic carbocycles. The van der Waals surface area contributed by atoms with Crippen LogP contribution >= 0.6 is 39.0 Å². The maximum absolute atomic E-state index is 13.3. The molecule has 4 aliphatic rings. The average Bonchev–Trinajstić information content (AvgIpc) is 3.56. The molecule has 2 saturated carbocycles. The number of hydrogen-bond donors (Lipinski definition) is 1. The summed E-state index contributed by atoms with van der Waals surface area (Å²) in [5, 5.41) is 11.9. The summed E-state index contributed by atoms with van der Waals surface area (Å²) in [6.45, 7) is 0.466. The molecular weight excluding hydrogens is 550 g/mol. The van der Waals surface area contributed by atoms with Gasteiger partial charge in [-0.25, -0.2) is 0 Å². The van der Waals surface area contributed by atoms with E-state index >= 15 is 0 Å². The standard InChI is InChI=1S/C26H20BrNO5S2/c27-12-6-7-16(29)13(8-12)17-18-14-9-15(20-19(14)24(30)33-25(20)31)21(18)34-23-22(17)35-26(32)28(23)10-11-4-2-1-3-5-11/h1-8,14-15,17-21,29H,9-10H2/t14-,15+,17+,18-,19+,20-,21-/m0/s1. The van der Waals surface area contributed by atoms with Crippen LogP contribution in [0.2, 0.25) is 0 Å². The van der Waals surface area contributed by atoms with Crippen molar-refractivity contribution in [3.8, 4) is 5.75 Å². The smallest absolute Gasteiger partial charge is 0.317 e. The monoisotopic (exact) mass is 569 g/mol. The topological polar surface area (TPSA) is 85.6 Å². The van der Waals surface area contributed by atoms with Gasteiger partial charge in [0.05, 0.1) is 23.4 Å². The minimum atomic E-state index is -0.421. The number of thioether (sulfide) groups is 1. The van der Waals surface area contributed by atoms with Crippen molar-refractivity contribution >= 4 is 51.0 Å². The van der Waals surface area contributed by atoms with Gasteiger partial charge in [0.2, 0.25) is 0 Å². The van der Waals surface area contributed by atoms with Crippen molar-refractivity contribution in [3.63, 3.8) is 0 Å². The SMILES string of the molecule is O=C1OC(=O)[C@H]2[C@H]3C[C@H]([C@@H]12)[C@H]1[C@@H](c2cc(Br)ccc2O)c2sc(=O)n(Cc4ccccc4)c2S[C@@H]31. The molecule has 7 rings (SSSR count). The van der Waals surface area contributed by atoms with E-state index in [1.165, 1.54) is 11.3 Å². The molecule has 1 N–H and O–H groups in total. The van der Waals surface area contributed by atoms with Gasteiger partial charge in [0.25, 0.3) is 0 Å². The lowest BCUT2D eigenvalue weighted by Gasteiger charge is -2.43. The van der Waals surface area contributed by atoms with Crippen molar-refractivity contribution in [1.82, 2.24) is 4.57 Å². The number of cyclic esters (lactones) is 2. The summed E-state index contributed by atoms with van der Waals surface area (Å²) in [4.78, 5) is 39.4. The van der Waals surface area contributed by atoms with Crippen molar-refractivity contribution in [2.75, 3.05) is 0 Å². The zero-order valence-corrected chi connectivity index (χ0v) is 21.5. The first-order chi connectivity index (χ1) is 16.9. The third kappa shape index (κ3) is 3.10. The number of phenols is 1. The summed E-state index contributed by atoms with van der Waals surface area (Å²) in [6, 6.07) is 15.3. The maximum Gasteiger partial charge on any atom is 0.317 e. The lowest BCUT2D eigenvalue weighted by Crippen LogP contribution is -2.43. The Labute approximate surface area is 217 Å².